The molecule has 0 aliphatic rings. The quantitative estimate of drug-likeness (QED) is 0.907. The van der Waals surface area contributed by atoms with Gasteiger partial charge >= 0.3 is 0 Å². The lowest BCUT2D eigenvalue weighted by atomic mass is 10.3. The second kappa shape index (κ2) is 4.82. The van der Waals surface area contributed by atoms with Gasteiger partial charge in [-0.15, -0.1) is 0 Å². The number of rotatable bonds is 3. The summed E-state index contributed by atoms with van der Waals surface area (Å²) in [6, 6.07) is 3.54. The lowest BCUT2D eigenvalue weighted by Gasteiger charge is -2.09. The van der Waals surface area contributed by atoms with Gasteiger partial charge in [0, 0.05) is 0 Å². The number of aromatic nitrogens is 2. The molecule has 0 spiro atoms. The average molecular weight is 253 g/mol. The Balaban J connectivity index is 2.37. The van der Waals surface area contributed by atoms with Crippen LogP contribution in [0, 0.1) is 11.6 Å². The minimum absolute atomic E-state index is 0.00339. The van der Waals surface area contributed by atoms with E-state index in [9.17, 15) is 8.78 Å². The number of ether oxygens (including phenoxy) is 2. The number of nitrogens with zero attached hydrogens (tertiary/aromatic N) is 2. The van der Waals surface area contributed by atoms with E-state index in [0.717, 1.165) is 12.4 Å². The Morgan fingerprint density at radius 2 is 1.89 bits per heavy atom. The summed E-state index contributed by atoms with van der Waals surface area (Å²) in [5.41, 5.74) is 5.64. The Morgan fingerprint density at radius 3 is 2.61 bits per heavy atom. The van der Waals surface area contributed by atoms with Crippen LogP contribution in [0.25, 0.3) is 0 Å². The van der Waals surface area contributed by atoms with Crippen molar-refractivity contribution in [2.24, 2.45) is 0 Å². The summed E-state index contributed by atoms with van der Waals surface area (Å²) in [6.45, 7) is 0. The van der Waals surface area contributed by atoms with Gasteiger partial charge in [-0.25, -0.2) is 4.39 Å². The van der Waals surface area contributed by atoms with E-state index in [1.54, 1.807) is 0 Å². The van der Waals surface area contributed by atoms with Gasteiger partial charge in [0.25, 0.3) is 0 Å². The van der Waals surface area contributed by atoms with Crippen LogP contribution in [0.4, 0.5) is 14.5 Å². The van der Waals surface area contributed by atoms with E-state index in [-0.39, 0.29) is 23.2 Å². The molecule has 0 saturated carbocycles. The summed E-state index contributed by atoms with van der Waals surface area (Å²) < 4.78 is 36.3. The maximum atomic E-state index is 13.4. The SMILES string of the molecule is COc1ncnc(Oc2cccc(F)c2F)c1N. The lowest BCUT2D eigenvalue weighted by Crippen LogP contribution is -2.01. The fourth-order valence-corrected chi connectivity index (χ4v) is 1.28. The number of nitrogens with two attached hydrogens (primary N) is 1. The van der Waals surface area contributed by atoms with Crippen LogP contribution in [0.15, 0.2) is 24.5 Å². The third-order valence-corrected chi connectivity index (χ3v) is 2.13. The molecular weight excluding hydrogens is 244 g/mol. The van der Waals surface area contributed by atoms with Crippen molar-refractivity contribution in [2.75, 3.05) is 12.8 Å². The molecule has 0 aliphatic carbocycles. The van der Waals surface area contributed by atoms with E-state index in [2.05, 4.69) is 9.97 Å². The van der Waals surface area contributed by atoms with Crippen molar-refractivity contribution < 1.29 is 18.3 Å². The largest absolute Gasteiger partial charge is 0.479 e. The van der Waals surface area contributed by atoms with Crippen LogP contribution >= 0.6 is 0 Å². The van der Waals surface area contributed by atoms with Gasteiger partial charge in [-0.1, -0.05) is 6.07 Å². The summed E-state index contributed by atoms with van der Waals surface area (Å²) in [6.07, 6.45) is 1.14. The zero-order chi connectivity index (χ0) is 13.1. The highest BCUT2D eigenvalue weighted by molar-refractivity contribution is 5.56. The number of halogens is 2. The average Bonchev–Trinajstić information content (AvgIpc) is 2.37. The van der Waals surface area contributed by atoms with Crippen molar-refractivity contribution in [1.29, 1.82) is 0 Å². The Morgan fingerprint density at radius 1 is 1.17 bits per heavy atom. The number of hydrogen-bond acceptors (Lipinski definition) is 5. The lowest BCUT2D eigenvalue weighted by molar-refractivity contribution is 0.383. The predicted molar refractivity (Wildman–Crippen MR) is 59.4 cm³/mol. The summed E-state index contributed by atoms with van der Waals surface area (Å²) in [5, 5.41) is 0. The van der Waals surface area contributed by atoms with Gasteiger partial charge in [-0.3, -0.25) is 0 Å². The summed E-state index contributed by atoms with van der Waals surface area (Å²) in [5.74, 6) is -2.47. The molecule has 18 heavy (non-hydrogen) atoms. The van der Waals surface area contributed by atoms with Gasteiger partial charge in [-0.05, 0) is 12.1 Å². The van der Waals surface area contributed by atoms with E-state index in [1.165, 1.54) is 19.2 Å². The maximum absolute atomic E-state index is 13.4. The van der Waals surface area contributed by atoms with Gasteiger partial charge in [0.2, 0.25) is 17.6 Å². The first-order valence-electron chi connectivity index (χ1n) is 4.89. The van der Waals surface area contributed by atoms with E-state index in [1.807, 2.05) is 0 Å². The first-order chi connectivity index (χ1) is 8.63. The number of anilines is 1. The highest BCUT2D eigenvalue weighted by atomic mass is 19.2. The van der Waals surface area contributed by atoms with Gasteiger partial charge in [0.15, 0.2) is 17.3 Å². The van der Waals surface area contributed by atoms with E-state index in [0.29, 0.717) is 0 Å². The highest BCUT2D eigenvalue weighted by Gasteiger charge is 2.14. The molecule has 2 rings (SSSR count). The summed E-state index contributed by atoms with van der Waals surface area (Å²) in [4.78, 5) is 7.46. The van der Waals surface area contributed by atoms with Crippen LogP contribution in [0.2, 0.25) is 0 Å². The molecule has 0 radical (unpaired) electrons. The molecule has 0 bridgehead atoms. The van der Waals surface area contributed by atoms with Gasteiger partial charge < -0.3 is 15.2 Å². The number of nitrogen functional groups attached to an aromatic ring is 1. The molecular formula is C11H9F2N3O2. The smallest absolute Gasteiger partial charge is 0.249 e. The third kappa shape index (κ3) is 2.15. The molecule has 0 amide bonds. The molecule has 94 valence electrons. The van der Waals surface area contributed by atoms with Crippen molar-refractivity contribution in [2.45, 2.75) is 0 Å². The van der Waals surface area contributed by atoms with Crippen molar-refractivity contribution in [3.63, 3.8) is 0 Å². The predicted octanol–water partition coefficient (Wildman–Crippen LogP) is 2.14. The van der Waals surface area contributed by atoms with Gasteiger partial charge in [0.05, 0.1) is 7.11 Å². The van der Waals surface area contributed by atoms with Crippen molar-refractivity contribution in [3.8, 4) is 17.5 Å². The highest BCUT2D eigenvalue weighted by Crippen LogP contribution is 2.31. The molecule has 7 heteroatoms. The monoisotopic (exact) mass is 253 g/mol. The molecule has 0 unspecified atom stereocenters. The van der Waals surface area contributed by atoms with Crippen LogP contribution in [0.5, 0.6) is 17.5 Å². The fourth-order valence-electron chi connectivity index (χ4n) is 1.28. The second-order valence-corrected chi connectivity index (χ2v) is 3.26. The third-order valence-electron chi connectivity index (χ3n) is 2.13. The molecule has 0 saturated heterocycles. The van der Waals surface area contributed by atoms with Crippen LogP contribution in [0.3, 0.4) is 0 Å². The summed E-state index contributed by atoms with van der Waals surface area (Å²) in [7, 11) is 1.37. The zero-order valence-corrected chi connectivity index (χ0v) is 9.35. The van der Waals surface area contributed by atoms with E-state index < -0.39 is 11.6 Å². The van der Waals surface area contributed by atoms with Gasteiger partial charge in [-0.2, -0.15) is 14.4 Å². The number of methoxy groups -OCH3 is 1. The Kier molecular flexibility index (Phi) is 3.22. The topological polar surface area (TPSA) is 70.3 Å². The Labute approximate surface area is 101 Å². The number of benzene rings is 1. The molecule has 1 heterocycles. The fraction of sp³-hybridized carbons (Fsp3) is 0.0909. The molecule has 0 fully saturated rings. The van der Waals surface area contributed by atoms with Gasteiger partial charge in [0.1, 0.15) is 6.33 Å². The molecule has 2 aromatic rings. The Hall–Kier alpha value is -2.44. The molecule has 1 aromatic heterocycles. The molecule has 0 atom stereocenters. The molecule has 2 N–H and O–H groups in total. The van der Waals surface area contributed by atoms with Crippen LogP contribution in [-0.4, -0.2) is 17.1 Å². The molecule has 5 nitrogen and oxygen atoms in total. The standard InChI is InChI=1S/C11H9F2N3O2/c1-17-10-9(14)11(16-5-15-10)18-7-4-2-3-6(12)8(7)13/h2-5H,14H2,1H3. The van der Waals surface area contributed by atoms with Crippen LogP contribution < -0.4 is 15.2 Å². The molecule has 1 aromatic carbocycles. The normalized spacial score (nSPS) is 10.2. The van der Waals surface area contributed by atoms with Crippen LogP contribution in [0.1, 0.15) is 0 Å². The first-order valence-corrected chi connectivity index (χ1v) is 4.89. The summed E-state index contributed by atoms with van der Waals surface area (Å²) >= 11 is 0. The van der Waals surface area contributed by atoms with Crippen molar-refractivity contribution >= 4 is 5.69 Å². The number of hydrogen-bond donors (Lipinski definition) is 1. The minimum Gasteiger partial charge on any atom is -0.479 e. The van der Waals surface area contributed by atoms with Crippen LogP contribution in [-0.2, 0) is 0 Å². The van der Waals surface area contributed by atoms with Crippen molar-refractivity contribution in [1.82, 2.24) is 9.97 Å². The van der Waals surface area contributed by atoms with Crippen molar-refractivity contribution in [3.05, 3.63) is 36.2 Å². The second-order valence-electron chi connectivity index (χ2n) is 3.26. The Bertz CT molecular complexity index is 578. The molecule has 0 aliphatic heterocycles. The van der Waals surface area contributed by atoms with E-state index in [4.69, 9.17) is 15.2 Å². The minimum atomic E-state index is -1.12. The zero-order valence-electron chi connectivity index (χ0n) is 9.35. The first kappa shape index (κ1) is 12.0. The maximum Gasteiger partial charge on any atom is 0.249 e. The van der Waals surface area contributed by atoms with E-state index >= 15 is 0 Å².